The highest BCUT2D eigenvalue weighted by Crippen LogP contribution is 2.47. The van der Waals surface area contributed by atoms with E-state index in [1.807, 2.05) is 0 Å². The molecular weight excluding hydrogens is 329 g/mol. The van der Waals surface area contributed by atoms with Gasteiger partial charge >= 0.3 is 6.18 Å². The Labute approximate surface area is 137 Å². The predicted octanol–water partition coefficient (Wildman–Crippen LogP) is 2.37. The molecule has 0 saturated carbocycles. The summed E-state index contributed by atoms with van der Waals surface area (Å²) >= 11 is 0. The predicted molar refractivity (Wildman–Crippen MR) is 75.8 cm³/mol. The second-order valence-corrected chi connectivity index (χ2v) is 6.38. The zero-order valence-electron chi connectivity index (χ0n) is 13.2. The molecule has 1 N–H and O–H groups in total. The number of ether oxygens (including phenoxy) is 4. The minimum absolute atomic E-state index is 0.133. The normalized spacial score (nSPS) is 35.7. The number of alkyl halides is 3. The van der Waals surface area contributed by atoms with E-state index in [9.17, 15) is 18.3 Å². The van der Waals surface area contributed by atoms with Gasteiger partial charge in [0.25, 0.3) is 0 Å². The molecule has 2 heterocycles. The Morgan fingerprint density at radius 2 is 1.88 bits per heavy atom. The van der Waals surface area contributed by atoms with Gasteiger partial charge in [-0.25, -0.2) is 0 Å². The number of benzene rings is 1. The van der Waals surface area contributed by atoms with Crippen LogP contribution in [-0.4, -0.2) is 47.8 Å². The van der Waals surface area contributed by atoms with Crippen molar-refractivity contribution in [2.75, 3.05) is 6.61 Å². The SMILES string of the molecule is CC1(C)O[C@@H]2[C@@H](CO[C@@H](OCc3ccccc3)[C@@]2(O)C(F)(F)F)O1. The van der Waals surface area contributed by atoms with Gasteiger partial charge in [0.05, 0.1) is 13.2 Å². The lowest BCUT2D eigenvalue weighted by Gasteiger charge is -2.44. The maximum absolute atomic E-state index is 13.6. The first-order valence-electron chi connectivity index (χ1n) is 7.55. The maximum Gasteiger partial charge on any atom is 0.425 e. The van der Waals surface area contributed by atoms with Gasteiger partial charge in [-0.1, -0.05) is 30.3 Å². The van der Waals surface area contributed by atoms with Crippen molar-refractivity contribution >= 4 is 0 Å². The number of fused-ring (bicyclic) bond motifs is 1. The van der Waals surface area contributed by atoms with Crippen LogP contribution in [0.4, 0.5) is 13.2 Å². The molecule has 0 spiro atoms. The summed E-state index contributed by atoms with van der Waals surface area (Å²) in [5.74, 6) is -1.24. The first kappa shape index (κ1) is 17.6. The van der Waals surface area contributed by atoms with Gasteiger partial charge < -0.3 is 24.1 Å². The van der Waals surface area contributed by atoms with Crippen molar-refractivity contribution in [3.63, 3.8) is 0 Å². The molecule has 0 bridgehead atoms. The van der Waals surface area contributed by atoms with Gasteiger partial charge in [0, 0.05) is 0 Å². The third-order valence-corrected chi connectivity index (χ3v) is 4.09. The van der Waals surface area contributed by atoms with Gasteiger partial charge in [-0.05, 0) is 19.4 Å². The van der Waals surface area contributed by atoms with Crippen LogP contribution in [0.25, 0.3) is 0 Å². The molecule has 2 saturated heterocycles. The second-order valence-electron chi connectivity index (χ2n) is 6.38. The summed E-state index contributed by atoms with van der Waals surface area (Å²) in [7, 11) is 0. The number of hydrogen-bond donors (Lipinski definition) is 1. The summed E-state index contributed by atoms with van der Waals surface area (Å²) in [4.78, 5) is 0. The molecular formula is C16H19F3O5. The third-order valence-electron chi connectivity index (χ3n) is 4.09. The number of rotatable bonds is 3. The number of aliphatic hydroxyl groups is 1. The Hall–Kier alpha value is -1.19. The van der Waals surface area contributed by atoms with E-state index in [0.717, 1.165) is 0 Å². The van der Waals surface area contributed by atoms with Gasteiger partial charge in [-0.15, -0.1) is 0 Å². The fourth-order valence-corrected chi connectivity index (χ4v) is 2.99. The van der Waals surface area contributed by atoms with E-state index in [2.05, 4.69) is 0 Å². The quantitative estimate of drug-likeness (QED) is 0.909. The van der Waals surface area contributed by atoms with E-state index < -0.39 is 36.1 Å². The fourth-order valence-electron chi connectivity index (χ4n) is 2.99. The molecule has 0 aromatic heterocycles. The van der Waals surface area contributed by atoms with Crippen LogP contribution in [0.5, 0.6) is 0 Å². The highest BCUT2D eigenvalue weighted by molar-refractivity contribution is 5.14. The maximum atomic E-state index is 13.6. The first-order valence-corrected chi connectivity index (χ1v) is 7.55. The molecule has 0 radical (unpaired) electrons. The average molecular weight is 348 g/mol. The van der Waals surface area contributed by atoms with Crippen molar-refractivity contribution in [3.05, 3.63) is 35.9 Å². The molecule has 134 valence electrons. The largest absolute Gasteiger partial charge is 0.425 e. The molecule has 0 amide bonds. The molecule has 24 heavy (non-hydrogen) atoms. The topological polar surface area (TPSA) is 57.2 Å². The monoisotopic (exact) mass is 348 g/mol. The third kappa shape index (κ3) is 3.04. The summed E-state index contributed by atoms with van der Waals surface area (Å²) in [6, 6.07) is 8.67. The van der Waals surface area contributed by atoms with E-state index >= 15 is 0 Å². The van der Waals surface area contributed by atoms with Gasteiger partial charge in [0.15, 0.2) is 12.1 Å². The lowest BCUT2D eigenvalue weighted by atomic mass is 9.89. The number of hydrogen-bond acceptors (Lipinski definition) is 5. The van der Waals surface area contributed by atoms with E-state index in [1.165, 1.54) is 13.8 Å². The molecule has 5 nitrogen and oxygen atoms in total. The van der Waals surface area contributed by atoms with Crippen LogP contribution in [0.2, 0.25) is 0 Å². The summed E-state index contributed by atoms with van der Waals surface area (Å²) in [5, 5.41) is 10.5. The van der Waals surface area contributed by atoms with Crippen LogP contribution in [0, 0.1) is 0 Å². The van der Waals surface area contributed by atoms with Crippen molar-refractivity contribution in [2.45, 2.75) is 56.5 Å². The Morgan fingerprint density at radius 3 is 2.50 bits per heavy atom. The lowest BCUT2D eigenvalue weighted by molar-refractivity contribution is -0.390. The molecule has 3 rings (SSSR count). The lowest BCUT2D eigenvalue weighted by Crippen LogP contribution is -2.69. The van der Waals surface area contributed by atoms with E-state index in [-0.39, 0.29) is 13.2 Å². The molecule has 0 unspecified atom stereocenters. The summed E-state index contributed by atoms with van der Waals surface area (Å²) in [6.07, 6.45) is -9.57. The smallest absolute Gasteiger partial charge is 0.375 e. The molecule has 2 aliphatic heterocycles. The number of halogens is 3. The second kappa shape index (κ2) is 5.96. The van der Waals surface area contributed by atoms with E-state index in [0.29, 0.717) is 5.56 Å². The highest BCUT2D eigenvalue weighted by Gasteiger charge is 2.72. The van der Waals surface area contributed by atoms with Crippen molar-refractivity contribution in [3.8, 4) is 0 Å². The summed E-state index contributed by atoms with van der Waals surface area (Å²) in [6.45, 7) is 2.68. The van der Waals surface area contributed by atoms with Gasteiger partial charge in [-0.2, -0.15) is 13.2 Å². The molecule has 0 aliphatic carbocycles. The average Bonchev–Trinajstić information content (AvgIpc) is 2.82. The van der Waals surface area contributed by atoms with Gasteiger partial charge in [-0.3, -0.25) is 0 Å². The zero-order chi connectivity index (χ0) is 17.6. The minimum Gasteiger partial charge on any atom is -0.375 e. The van der Waals surface area contributed by atoms with Crippen LogP contribution in [-0.2, 0) is 25.6 Å². The molecule has 4 atom stereocenters. The van der Waals surface area contributed by atoms with Crippen molar-refractivity contribution in [1.82, 2.24) is 0 Å². The Kier molecular flexibility index (Phi) is 4.38. The van der Waals surface area contributed by atoms with Gasteiger partial charge in [0.1, 0.15) is 12.2 Å². The molecule has 1 aromatic carbocycles. The zero-order valence-corrected chi connectivity index (χ0v) is 13.2. The minimum atomic E-state index is -5.01. The van der Waals surface area contributed by atoms with Crippen LogP contribution in [0.1, 0.15) is 19.4 Å². The van der Waals surface area contributed by atoms with Crippen molar-refractivity contribution < 1.29 is 37.2 Å². The standard InChI is InChI=1S/C16H19F3O5/c1-14(2)23-11-9-22-13(21-8-10-6-4-3-5-7-10)15(20,12(11)24-14)16(17,18)19/h3-7,11-13,20H,8-9H2,1-2H3/t11-,12-,13-,15-/m1/s1. The first-order chi connectivity index (χ1) is 11.1. The molecule has 2 fully saturated rings. The molecule has 8 heteroatoms. The van der Waals surface area contributed by atoms with E-state index in [1.54, 1.807) is 30.3 Å². The van der Waals surface area contributed by atoms with Crippen LogP contribution in [0.3, 0.4) is 0 Å². The molecule has 2 aliphatic rings. The fraction of sp³-hybridized carbons (Fsp3) is 0.625. The Balaban J connectivity index is 1.83. The van der Waals surface area contributed by atoms with Crippen LogP contribution < -0.4 is 0 Å². The van der Waals surface area contributed by atoms with Crippen LogP contribution >= 0.6 is 0 Å². The Morgan fingerprint density at radius 1 is 1.21 bits per heavy atom. The van der Waals surface area contributed by atoms with Crippen molar-refractivity contribution in [1.29, 1.82) is 0 Å². The summed E-state index contributed by atoms with van der Waals surface area (Å²) in [5.41, 5.74) is -2.66. The van der Waals surface area contributed by atoms with Crippen molar-refractivity contribution in [2.24, 2.45) is 0 Å². The van der Waals surface area contributed by atoms with Gasteiger partial charge in [0.2, 0.25) is 5.60 Å². The van der Waals surface area contributed by atoms with E-state index in [4.69, 9.17) is 18.9 Å². The Bertz CT molecular complexity index is 577. The highest BCUT2D eigenvalue weighted by atomic mass is 19.4. The summed E-state index contributed by atoms with van der Waals surface area (Å²) < 4.78 is 62.1. The molecule has 1 aromatic rings. The van der Waals surface area contributed by atoms with Crippen LogP contribution in [0.15, 0.2) is 30.3 Å².